The minimum Gasteiger partial charge on any atom is -0.496 e. The minimum atomic E-state index is -1.02. The van der Waals surface area contributed by atoms with E-state index in [4.69, 9.17) is 4.74 Å². The molecule has 1 unspecified atom stereocenters. The number of para-hydroxylation sites is 2. The van der Waals surface area contributed by atoms with E-state index in [1.165, 1.54) is 0 Å². The first-order valence-corrected chi connectivity index (χ1v) is 13.0. The Morgan fingerprint density at radius 2 is 1.90 bits per heavy atom. The Bertz CT molecular complexity index is 1430. The first-order valence-electron chi connectivity index (χ1n) is 13.0. The number of likely N-dealkylation sites (N-methyl/N-ethyl adjacent to an activating group) is 1. The third-order valence-corrected chi connectivity index (χ3v) is 7.50. The van der Waals surface area contributed by atoms with Gasteiger partial charge >= 0.3 is 0 Å². The highest BCUT2D eigenvalue weighted by atomic mass is 16.5. The van der Waals surface area contributed by atoms with Crippen LogP contribution < -0.4 is 30.5 Å². The number of anilines is 2. The number of hydrogen-bond acceptors (Lipinski definition) is 7. The van der Waals surface area contributed by atoms with Crippen LogP contribution in [0.2, 0.25) is 0 Å². The number of ether oxygens (including phenoxy) is 1. The van der Waals surface area contributed by atoms with Gasteiger partial charge in [0.15, 0.2) is 0 Å². The summed E-state index contributed by atoms with van der Waals surface area (Å²) >= 11 is 0. The maximum Gasteiger partial charge on any atom is 0.251 e. The van der Waals surface area contributed by atoms with Crippen LogP contribution in [0.4, 0.5) is 11.4 Å². The Kier molecular flexibility index (Phi) is 7.40. The molecule has 0 aromatic heterocycles. The lowest BCUT2D eigenvalue weighted by molar-refractivity contribution is -0.128. The van der Waals surface area contributed by atoms with Crippen LogP contribution in [-0.4, -0.2) is 68.4 Å². The van der Waals surface area contributed by atoms with Gasteiger partial charge < -0.3 is 35.6 Å². The molecule has 0 radical (unpaired) electrons. The first kappa shape index (κ1) is 26.5. The van der Waals surface area contributed by atoms with E-state index in [-0.39, 0.29) is 43.8 Å². The highest BCUT2D eigenvalue weighted by molar-refractivity contribution is 6.05. The van der Waals surface area contributed by atoms with Crippen molar-refractivity contribution < 1.29 is 24.2 Å². The Labute approximate surface area is 226 Å². The molecule has 10 nitrogen and oxygen atoms in total. The molecule has 0 saturated heterocycles. The Balaban J connectivity index is 1.70. The van der Waals surface area contributed by atoms with E-state index in [0.717, 1.165) is 16.3 Å². The quantitative estimate of drug-likeness (QED) is 0.405. The molecule has 0 aliphatic carbocycles. The average molecular weight is 532 g/mol. The number of nitrogens with one attached hydrogen (secondary N) is 3. The molecule has 6 rings (SSSR count). The number of benzene rings is 3. The van der Waals surface area contributed by atoms with Gasteiger partial charge in [-0.25, -0.2) is 0 Å². The normalized spacial score (nSPS) is 20.2. The fourth-order valence-electron chi connectivity index (χ4n) is 5.20. The minimum absolute atomic E-state index is 0.0543. The zero-order chi connectivity index (χ0) is 27.7. The van der Waals surface area contributed by atoms with Crippen LogP contribution in [0.25, 0.3) is 10.8 Å². The standard InChI is InChI=1S/C29H33N5O5/c1-17(30-2)27(36)32-22-16-33-23-6-4-5-7-24(23)34(29(22)38)15-21-20-10-8-19(28(37)31-13-12-26(33)35)14-18(20)9-11-25(21)39-3/h4-11,14,17,22,26,30,35H,12-13,15-16H2,1-3H3,(H,31,37)(H,32,36)/t17-,22-,26?/m0/s1. The summed E-state index contributed by atoms with van der Waals surface area (Å²) in [5.41, 5.74) is 2.53. The molecule has 3 aliphatic heterocycles. The van der Waals surface area contributed by atoms with Gasteiger partial charge in [-0.1, -0.05) is 24.3 Å². The molecule has 3 atom stereocenters. The van der Waals surface area contributed by atoms with Gasteiger partial charge in [0.25, 0.3) is 11.8 Å². The first-order chi connectivity index (χ1) is 18.8. The summed E-state index contributed by atoms with van der Waals surface area (Å²) in [4.78, 5) is 43.4. The highest BCUT2D eigenvalue weighted by Gasteiger charge is 2.37. The molecule has 0 saturated carbocycles. The maximum atomic E-state index is 14.2. The number of carbonyl (C=O) groups is 3. The zero-order valence-corrected chi connectivity index (χ0v) is 22.2. The van der Waals surface area contributed by atoms with Crippen molar-refractivity contribution in [2.75, 3.05) is 37.0 Å². The Morgan fingerprint density at radius 3 is 2.64 bits per heavy atom. The van der Waals surface area contributed by atoms with Crippen LogP contribution in [0, 0.1) is 0 Å². The zero-order valence-electron chi connectivity index (χ0n) is 22.2. The molecule has 0 spiro atoms. The summed E-state index contributed by atoms with van der Waals surface area (Å²) in [7, 11) is 3.25. The Morgan fingerprint density at radius 1 is 1.13 bits per heavy atom. The van der Waals surface area contributed by atoms with Crippen molar-refractivity contribution in [3.8, 4) is 5.75 Å². The van der Waals surface area contributed by atoms with Crippen LogP contribution in [-0.2, 0) is 16.1 Å². The molecule has 4 N–H and O–H groups in total. The van der Waals surface area contributed by atoms with Crippen molar-refractivity contribution >= 4 is 39.9 Å². The van der Waals surface area contributed by atoms with Crippen molar-refractivity contribution in [2.45, 2.75) is 38.2 Å². The van der Waals surface area contributed by atoms with Gasteiger partial charge in [-0.3, -0.25) is 14.4 Å². The molecule has 3 aliphatic rings. The molecule has 39 heavy (non-hydrogen) atoms. The highest BCUT2D eigenvalue weighted by Crippen LogP contribution is 2.38. The van der Waals surface area contributed by atoms with Gasteiger partial charge in [0, 0.05) is 30.6 Å². The number of amides is 3. The van der Waals surface area contributed by atoms with Crippen molar-refractivity contribution in [1.82, 2.24) is 16.0 Å². The van der Waals surface area contributed by atoms with Gasteiger partial charge in [0.2, 0.25) is 5.91 Å². The fraction of sp³-hybridized carbons (Fsp3) is 0.345. The predicted molar refractivity (Wildman–Crippen MR) is 149 cm³/mol. The number of aliphatic hydroxyl groups is 1. The molecule has 3 heterocycles. The van der Waals surface area contributed by atoms with E-state index in [2.05, 4.69) is 16.0 Å². The largest absolute Gasteiger partial charge is 0.496 e. The molecule has 3 aromatic carbocycles. The predicted octanol–water partition coefficient (Wildman–Crippen LogP) is 1.75. The summed E-state index contributed by atoms with van der Waals surface area (Å²) < 4.78 is 5.71. The van der Waals surface area contributed by atoms with Crippen molar-refractivity contribution in [3.05, 3.63) is 65.7 Å². The van der Waals surface area contributed by atoms with Crippen LogP contribution in [0.5, 0.6) is 5.75 Å². The second kappa shape index (κ2) is 10.9. The van der Waals surface area contributed by atoms with Gasteiger partial charge in [-0.2, -0.15) is 0 Å². The third-order valence-electron chi connectivity index (χ3n) is 7.50. The van der Waals surface area contributed by atoms with Crippen molar-refractivity contribution in [1.29, 1.82) is 0 Å². The van der Waals surface area contributed by atoms with Gasteiger partial charge in [0.1, 0.15) is 18.0 Å². The summed E-state index contributed by atoms with van der Waals surface area (Å²) in [6.45, 7) is 2.14. The molecule has 3 aromatic rings. The summed E-state index contributed by atoms with van der Waals surface area (Å²) in [6.07, 6.45) is -0.809. The van der Waals surface area contributed by atoms with Crippen molar-refractivity contribution in [3.63, 3.8) is 0 Å². The monoisotopic (exact) mass is 531 g/mol. The molecule has 3 amide bonds. The average Bonchev–Trinajstić information content (AvgIpc) is 3.06. The number of carbonyl (C=O) groups excluding carboxylic acids is 3. The molecular weight excluding hydrogens is 498 g/mol. The van der Waals surface area contributed by atoms with E-state index in [9.17, 15) is 19.5 Å². The number of methoxy groups -OCH3 is 1. The maximum absolute atomic E-state index is 14.2. The van der Waals surface area contributed by atoms with E-state index in [1.807, 2.05) is 48.5 Å². The van der Waals surface area contributed by atoms with Crippen LogP contribution in [0.1, 0.15) is 29.3 Å². The summed E-state index contributed by atoms with van der Waals surface area (Å²) in [5, 5.41) is 21.7. The molecule has 10 heteroatoms. The van der Waals surface area contributed by atoms with E-state index >= 15 is 0 Å². The van der Waals surface area contributed by atoms with Crippen LogP contribution in [0.15, 0.2) is 54.6 Å². The summed E-state index contributed by atoms with van der Waals surface area (Å²) in [6, 6.07) is 15.1. The van der Waals surface area contributed by atoms with Gasteiger partial charge in [-0.15, -0.1) is 0 Å². The lowest BCUT2D eigenvalue weighted by Crippen LogP contribution is -2.56. The third kappa shape index (κ3) is 5.00. The van der Waals surface area contributed by atoms with E-state index < -0.39 is 18.3 Å². The molecular formula is C29H33N5O5. The fourth-order valence-corrected chi connectivity index (χ4v) is 5.20. The van der Waals surface area contributed by atoms with Gasteiger partial charge in [-0.05, 0) is 55.1 Å². The number of nitrogens with zero attached hydrogens (tertiary/aromatic N) is 2. The van der Waals surface area contributed by atoms with E-state index in [1.54, 1.807) is 36.9 Å². The second-order valence-corrected chi connectivity index (χ2v) is 9.84. The number of aliphatic hydroxyl groups excluding tert-OH is 1. The summed E-state index contributed by atoms with van der Waals surface area (Å²) in [5.74, 6) is -0.267. The van der Waals surface area contributed by atoms with Crippen LogP contribution in [0.3, 0.4) is 0 Å². The second-order valence-electron chi connectivity index (χ2n) is 9.84. The van der Waals surface area contributed by atoms with Gasteiger partial charge in [0.05, 0.1) is 31.1 Å². The smallest absolute Gasteiger partial charge is 0.251 e. The number of rotatable bonds is 4. The Hall–Kier alpha value is -4.15. The van der Waals surface area contributed by atoms with Crippen LogP contribution >= 0.6 is 0 Å². The molecule has 6 bridgehead atoms. The number of fused-ring (bicyclic) bond motifs is 5. The van der Waals surface area contributed by atoms with E-state index in [0.29, 0.717) is 22.7 Å². The molecule has 0 fully saturated rings. The lowest BCUT2D eigenvalue weighted by atomic mass is 9.99. The van der Waals surface area contributed by atoms with Crippen molar-refractivity contribution in [2.24, 2.45) is 0 Å². The topological polar surface area (TPSA) is 123 Å². The SMILES string of the molecule is CN[C@@H](C)C(=O)N[C@H]1CN2c3ccccc3N(Cc3c(OC)ccc4cc(ccc34)C(=O)NCCC2O)C1=O. The number of hydrogen-bond donors (Lipinski definition) is 4. The molecule has 204 valence electrons. The lowest BCUT2D eigenvalue weighted by Gasteiger charge is -2.32.